The van der Waals surface area contributed by atoms with Crippen molar-refractivity contribution in [2.45, 2.75) is 57.7 Å². The van der Waals surface area contributed by atoms with Crippen LogP contribution in [0.2, 0.25) is 0 Å². The molecule has 5 nitrogen and oxygen atoms in total. The second-order valence-corrected chi connectivity index (χ2v) is 6.42. The summed E-state index contributed by atoms with van der Waals surface area (Å²) < 4.78 is 0. The Balaban J connectivity index is 2.77. The maximum atomic E-state index is 11.7. The van der Waals surface area contributed by atoms with Gasteiger partial charge in [-0.1, -0.05) is 6.92 Å². The summed E-state index contributed by atoms with van der Waals surface area (Å²) in [6.07, 6.45) is 3.07. The maximum absolute atomic E-state index is 11.7. The van der Waals surface area contributed by atoms with Crippen LogP contribution in [0.1, 0.15) is 40.0 Å². The molecule has 1 rings (SSSR count). The SMILES string of the molecule is CCC1CN(C)CCCN1C(C)CC(C)(NC)C(N)=O. The largest absolute Gasteiger partial charge is 0.368 e. The second-order valence-electron chi connectivity index (χ2n) is 6.42. The molecule has 0 aromatic carbocycles. The molecule has 1 amide bonds. The first-order chi connectivity index (χ1) is 9.34. The lowest BCUT2D eigenvalue weighted by atomic mass is 9.91. The van der Waals surface area contributed by atoms with Crippen molar-refractivity contribution in [2.24, 2.45) is 5.73 Å². The third-order valence-electron chi connectivity index (χ3n) is 4.78. The van der Waals surface area contributed by atoms with Crippen molar-refractivity contribution in [3.63, 3.8) is 0 Å². The number of hydrogen-bond donors (Lipinski definition) is 2. The zero-order valence-electron chi connectivity index (χ0n) is 13.8. The maximum Gasteiger partial charge on any atom is 0.237 e. The van der Waals surface area contributed by atoms with E-state index < -0.39 is 5.54 Å². The topological polar surface area (TPSA) is 61.6 Å². The van der Waals surface area contributed by atoms with E-state index in [1.165, 1.54) is 6.42 Å². The van der Waals surface area contributed by atoms with Gasteiger partial charge >= 0.3 is 0 Å². The van der Waals surface area contributed by atoms with Gasteiger partial charge in [-0.25, -0.2) is 0 Å². The van der Waals surface area contributed by atoms with Gasteiger partial charge in [0.25, 0.3) is 0 Å². The number of amides is 1. The van der Waals surface area contributed by atoms with Crippen molar-refractivity contribution < 1.29 is 4.79 Å². The van der Waals surface area contributed by atoms with E-state index in [0.717, 1.165) is 32.5 Å². The molecule has 1 heterocycles. The number of rotatable bonds is 6. The van der Waals surface area contributed by atoms with Gasteiger partial charge in [-0.05, 0) is 60.3 Å². The molecule has 0 aliphatic carbocycles. The standard InChI is InChI=1S/C15H32N4O/c1-6-13-11-18(5)8-7-9-19(13)12(2)10-15(3,17-4)14(16)20/h12-13,17H,6-11H2,1-5H3,(H2,16,20). The lowest BCUT2D eigenvalue weighted by Gasteiger charge is -2.39. The molecular weight excluding hydrogens is 252 g/mol. The Morgan fingerprint density at radius 3 is 2.65 bits per heavy atom. The van der Waals surface area contributed by atoms with Crippen LogP contribution in [-0.2, 0) is 4.79 Å². The number of hydrogen-bond acceptors (Lipinski definition) is 4. The molecule has 1 saturated heterocycles. The minimum Gasteiger partial charge on any atom is -0.368 e. The lowest BCUT2D eigenvalue weighted by molar-refractivity contribution is -0.124. The van der Waals surface area contributed by atoms with Crippen LogP contribution in [0.4, 0.5) is 0 Å². The molecule has 0 aromatic heterocycles. The molecule has 20 heavy (non-hydrogen) atoms. The van der Waals surface area contributed by atoms with E-state index in [4.69, 9.17) is 5.73 Å². The van der Waals surface area contributed by atoms with Gasteiger partial charge in [-0.3, -0.25) is 9.69 Å². The zero-order chi connectivity index (χ0) is 15.3. The van der Waals surface area contributed by atoms with Crippen molar-refractivity contribution >= 4 is 5.91 Å². The summed E-state index contributed by atoms with van der Waals surface area (Å²) in [6.45, 7) is 9.72. The van der Waals surface area contributed by atoms with Crippen molar-refractivity contribution in [1.82, 2.24) is 15.1 Å². The minimum absolute atomic E-state index is 0.271. The van der Waals surface area contributed by atoms with E-state index in [9.17, 15) is 4.79 Å². The molecule has 3 unspecified atom stereocenters. The summed E-state index contributed by atoms with van der Waals surface area (Å²) in [7, 11) is 4.00. The molecule has 0 saturated carbocycles. The van der Waals surface area contributed by atoms with Gasteiger partial charge in [0, 0.05) is 18.6 Å². The average Bonchev–Trinajstić information content (AvgIpc) is 2.59. The van der Waals surface area contributed by atoms with Crippen molar-refractivity contribution in [1.29, 1.82) is 0 Å². The summed E-state index contributed by atoms with van der Waals surface area (Å²) in [5.74, 6) is -0.271. The normalized spacial score (nSPS) is 26.8. The Morgan fingerprint density at radius 2 is 2.15 bits per heavy atom. The Morgan fingerprint density at radius 1 is 1.50 bits per heavy atom. The van der Waals surface area contributed by atoms with E-state index in [0.29, 0.717) is 12.1 Å². The first-order valence-corrected chi connectivity index (χ1v) is 7.77. The lowest BCUT2D eigenvalue weighted by Crippen LogP contribution is -2.56. The molecule has 1 fully saturated rings. The predicted octanol–water partition coefficient (Wildman–Crippen LogP) is 0.645. The number of primary amides is 1. The third-order valence-corrected chi connectivity index (χ3v) is 4.78. The first kappa shape index (κ1) is 17.4. The van der Waals surface area contributed by atoms with Gasteiger partial charge in [-0.15, -0.1) is 0 Å². The van der Waals surface area contributed by atoms with Gasteiger partial charge in [0.2, 0.25) is 5.91 Å². The molecule has 0 radical (unpaired) electrons. The molecule has 1 aliphatic heterocycles. The fourth-order valence-electron chi connectivity index (χ4n) is 3.24. The molecular formula is C15H32N4O. The highest BCUT2D eigenvalue weighted by atomic mass is 16.1. The van der Waals surface area contributed by atoms with Gasteiger partial charge in [-0.2, -0.15) is 0 Å². The Kier molecular flexibility index (Phi) is 6.43. The summed E-state index contributed by atoms with van der Waals surface area (Å²) in [5, 5.41) is 3.09. The monoisotopic (exact) mass is 284 g/mol. The van der Waals surface area contributed by atoms with Crippen LogP contribution in [0.25, 0.3) is 0 Å². The number of carbonyl (C=O) groups excluding carboxylic acids is 1. The van der Waals surface area contributed by atoms with Gasteiger partial charge in [0.05, 0.1) is 5.54 Å². The van der Waals surface area contributed by atoms with Crippen molar-refractivity contribution in [2.75, 3.05) is 33.7 Å². The molecule has 0 spiro atoms. The van der Waals surface area contributed by atoms with Crippen LogP contribution < -0.4 is 11.1 Å². The molecule has 118 valence electrons. The zero-order valence-corrected chi connectivity index (χ0v) is 13.8. The molecule has 1 aliphatic rings. The average molecular weight is 284 g/mol. The minimum atomic E-state index is -0.629. The summed E-state index contributed by atoms with van der Waals surface area (Å²) in [5.41, 5.74) is 4.92. The van der Waals surface area contributed by atoms with Gasteiger partial charge in [0.1, 0.15) is 0 Å². The van der Waals surface area contributed by atoms with E-state index in [1.807, 2.05) is 14.0 Å². The van der Waals surface area contributed by atoms with Crippen LogP contribution in [0.3, 0.4) is 0 Å². The van der Waals surface area contributed by atoms with Crippen LogP contribution in [0.15, 0.2) is 0 Å². The quantitative estimate of drug-likeness (QED) is 0.751. The summed E-state index contributed by atoms with van der Waals surface area (Å²) in [6, 6.07) is 0.905. The number of likely N-dealkylation sites (N-methyl/N-ethyl adjacent to an activating group) is 2. The molecule has 0 bridgehead atoms. The Hall–Kier alpha value is -0.650. The van der Waals surface area contributed by atoms with Gasteiger partial charge in [0.15, 0.2) is 0 Å². The Labute approximate surface area is 123 Å². The number of carbonyl (C=O) groups is 1. The molecule has 5 heteroatoms. The second kappa shape index (κ2) is 7.38. The van der Waals surface area contributed by atoms with E-state index in [2.05, 4.69) is 36.0 Å². The number of nitrogens with two attached hydrogens (primary N) is 1. The highest BCUT2D eigenvalue weighted by Gasteiger charge is 2.35. The fourth-order valence-corrected chi connectivity index (χ4v) is 3.24. The first-order valence-electron chi connectivity index (χ1n) is 7.77. The Bertz CT molecular complexity index is 323. The van der Waals surface area contributed by atoms with Gasteiger partial charge < -0.3 is 16.0 Å². The van der Waals surface area contributed by atoms with Crippen LogP contribution >= 0.6 is 0 Å². The van der Waals surface area contributed by atoms with Crippen LogP contribution in [0, 0.1) is 0 Å². The molecule has 3 atom stereocenters. The molecule has 3 N–H and O–H groups in total. The number of nitrogens with zero attached hydrogens (tertiary/aromatic N) is 2. The summed E-state index contributed by atoms with van der Waals surface area (Å²) >= 11 is 0. The van der Waals surface area contributed by atoms with Crippen molar-refractivity contribution in [3.05, 3.63) is 0 Å². The van der Waals surface area contributed by atoms with E-state index in [-0.39, 0.29) is 5.91 Å². The van der Waals surface area contributed by atoms with Crippen LogP contribution in [-0.4, -0.2) is 67.1 Å². The van der Waals surface area contributed by atoms with Crippen molar-refractivity contribution in [3.8, 4) is 0 Å². The highest BCUT2D eigenvalue weighted by Crippen LogP contribution is 2.21. The number of nitrogens with one attached hydrogen (secondary N) is 1. The van der Waals surface area contributed by atoms with Crippen LogP contribution in [0.5, 0.6) is 0 Å². The predicted molar refractivity (Wildman–Crippen MR) is 83.6 cm³/mol. The van der Waals surface area contributed by atoms with E-state index in [1.54, 1.807) is 0 Å². The fraction of sp³-hybridized carbons (Fsp3) is 0.933. The third kappa shape index (κ3) is 4.17. The highest BCUT2D eigenvalue weighted by molar-refractivity contribution is 5.84. The summed E-state index contributed by atoms with van der Waals surface area (Å²) in [4.78, 5) is 16.6. The smallest absolute Gasteiger partial charge is 0.237 e. The van der Waals surface area contributed by atoms with E-state index >= 15 is 0 Å². The molecule has 0 aromatic rings.